The SMILES string of the molecule is COc1ccc(C=CC(=O)NC(=S)Nc2ccccc2C(=O)N2CCN(C(c3ccccc3)c3ccccc3)CC2)cc1. The third-order valence-corrected chi connectivity index (χ3v) is 7.59. The molecule has 1 aliphatic heterocycles. The van der Waals surface area contributed by atoms with Crippen molar-refractivity contribution >= 4 is 40.9 Å². The fraction of sp³-hybridized carbons (Fsp3) is 0.171. The smallest absolute Gasteiger partial charge is 0.256 e. The summed E-state index contributed by atoms with van der Waals surface area (Å²) in [7, 11) is 1.60. The Hall–Kier alpha value is -4.79. The van der Waals surface area contributed by atoms with Crippen molar-refractivity contribution in [3.8, 4) is 5.75 Å². The van der Waals surface area contributed by atoms with Crippen molar-refractivity contribution in [1.29, 1.82) is 0 Å². The minimum absolute atomic E-state index is 0.0766. The van der Waals surface area contributed by atoms with Crippen LogP contribution in [-0.2, 0) is 4.79 Å². The number of thiocarbonyl (C=S) groups is 1. The molecule has 8 heteroatoms. The molecule has 5 rings (SSSR count). The van der Waals surface area contributed by atoms with Crippen LogP contribution < -0.4 is 15.4 Å². The van der Waals surface area contributed by atoms with Gasteiger partial charge >= 0.3 is 0 Å². The van der Waals surface area contributed by atoms with Crippen LogP contribution in [0.1, 0.15) is 33.1 Å². The standard InChI is InChI=1S/C35H34N4O3S/c1-42-29-19-16-26(17-20-29)18-21-32(40)37-35(43)36-31-15-9-8-14-30(31)34(41)39-24-22-38(23-25-39)33(27-10-4-2-5-11-27)28-12-6-3-7-13-28/h2-21,33H,22-25H2,1H3,(H2,36,37,40,43). The van der Waals surface area contributed by atoms with Crippen LogP contribution in [0.25, 0.3) is 6.08 Å². The average molecular weight is 591 g/mol. The Morgan fingerprint density at radius 2 is 1.37 bits per heavy atom. The van der Waals surface area contributed by atoms with E-state index in [0.717, 1.165) is 24.4 Å². The lowest BCUT2D eigenvalue weighted by Crippen LogP contribution is -2.50. The van der Waals surface area contributed by atoms with Gasteiger partial charge in [0, 0.05) is 32.3 Å². The van der Waals surface area contributed by atoms with Crippen LogP contribution in [0.4, 0.5) is 5.69 Å². The van der Waals surface area contributed by atoms with Gasteiger partial charge in [-0.05, 0) is 59.2 Å². The Labute approximate surface area is 257 Å². The summed E-state index contributed by atoms with van der Waals surface area (Å²) in [5.41, 5.74) is 4.37. The van der Waals surface area contributed by atoms with Crippen LogP contribution in [0.3, 0.4) is 0 Å². The van der Waals surface area contributed by atoms with Crippen molar-refractivity contribution in [2.24, 2.45) is 0 Å². The number of hydrogen-bond donors (Lipinski definition) is 2. The number of ether oxygens (including phenoxy) is 1. The Kier molecular flexibility index (Phi) is 9.94. The number of methoxy groups -OCH3 is 1. The van der Waals surface area contributed by atoms with Crippen LogP contribution in [0.5, 0.6) is 5.75 Å². The highest BCUT2D eigenvalue weighted by atomic mass is 32.1. The Bertz CT molecular complexity index is 1530. The van der Waals surface area contributed by atoms with Crippen molar-refractivity contribution < 1.29 is 14.3 Å². The lowest BCUT2D eigenvalue weighted by molar-refractivity contribution is -0.115. The fourth-order valence-corrected chi connectivity index (χ4v) is 5.42. The minimum atomic E-state index is -0.375. The Morgan fingerprint density at radius 1 is 0.791 bits per heavy atom. The molecule has 7 nitrogen and oxygen atoms in total. The number of carbonyl (C=O) groups excluding carboxylic acids is 2. The molecule has 218 valence electrons. The molecule has 2 N–H and O–H groups in total. The van der Waals surface area contributed by atoms with Crippen molar-refractivity contribution in [1.82, 2.24) is 15.1 Å². The topological polar surface area (TPSA) is 73.9 Å². The zero-order valence-corrected chi connectivity index (χ0v) is 24.8. The van der Waals surface area contributed by atoms with Gasteiger partial charge in [-0.1, -0.05) is 84.9 Å². The van der Waals surface area contributed by atoms with Crippen molar-refractivity contribution in [3.63, 3.8) is 0 Å². The molecule has 0 aliphatic carbocycles. The maximum Gasteiger partial charge on any atom is 0.256 e. The molecule has 1 heterocycles. The van der Waals surface area contributed by atoms with Gasteiger partial charge in [-0.15, -0.1) is 0 Å². The van der Waals surface area contributed by atoms with Gasteiger partial charge in [0.25, 0.3) is 5.91 Å². The highest BCUT2D eigenvalue weighted by molar-refractivity contribution is 7.80. The number of piperazine rings is 1. The van der Waals surface area contributed by atoms with Crippen LogP contribution in [-0.4, -0.2) is 60.0 Å². The molecule has 0 aromatic heterocycles. The van der Waals surface area contributed by atoms with Crippen molar-refractivity contribution in [2.75, 3.05) is 38.6 Å². The molecule has 1 fully saturated rings. The molecule has 0 unspecified atom stereocenters. The first-order valence-electron chi connectivity index (χ1n) is 14.2. The molecular weight excluding hydrogens is 556 g/mol. The van der Waals surface area contributed by atoms with Gasteiger partial charge in [0.2, 0.25) is 5.91 Å². The van der Waals surface area contributed by atoms with Crippen LogP contribution in [0, 0.1) is 0 Å². The second-order valence-electron chi connectivity index (χ2n) is 10.1. The number of para-hydroxylation sites is 1. The van der Waals surface area contributed by atoms with E-state index < -0.39 is 0 Å². The monoisotopic (exact) mass is 590 g/mol. The highest BCUT2D eigenvalue weighted by Gasteiger charge is 2.29. The molecule has 0 saturated carbocycles. The van der Waals surface area contributed by atoms with Gasteiger partial charge in [-0.3, -0.25) is 19.8 Å². The fourth-order valence-electron chi connectivity index (χ4n) is 5.21. The summed E-state index contributed by atoms with van der Waals surface area (Å²) in [5.74, 6) is 0.289. The number of rotatable bonds is 8. The summed E-state index contributed by atoms with van der Waals surface area (Å²) >= 11 is 5.39. The summed E-state index contributed by atoms with van der Waals surface area (Å²) in [5, 5.41) is 5.80. The van der Waals surface area contributed by atoms with Gasteiger partial charge in [0.05, 0.1) is 24.4 Å². The largest absolute Gasteiger partial charge is 0.497 e. The second-order valence-corrected chi connectivity index (χ2v) is 10.6. The zero-order chi connectivity index (χ0) is 30.0. The molecule has 2 amide bonds. The summed E-state index contributed by atoms with van der Waals surface area (Å²) in [6, 6.07) is 35.7. The van der Waals surface area contributed by atoms with Gasteiger partial charge in [0.15, 0.2) is 5.11 Å². The molecule has 0 bridgehead atoms. The highest BCUT2D eigenvalue weighted by Crippen LogP contribution is 2.30. The molecule has 1 aliphatic rings. The maximum absolute atomic E-state index is 13.7. The van der Waals surface area contributed by atoms with Gasteiger partial charge in [-0.25, -0.2) is 0 Å². The van der Waals surface area contributed by atoms with Crippen LogP contribution in [0.15, 0.2) is 115 Å². The number of nitrogens with zero attached hydrogens (tertiary/aromatic N) is 2. The first-order chi connectivity index (χ1) is 21.0. The summed E-state index contributed by atoms with van der Waals surface area (Å²) in [6.45, 7) is 2.68. The lowest BCUT2D eigenvalue weighted by Gasteiger charge is -2.40. The van der Waals surface area contributed by atoms with Crippen molar-refractivity contribution in [3.05, 3.63) is 138 Å². The molecule has 0 radical (unpaired) electrons. The third-order valence-electron chi connectivity index (χ3n) is 7.38. The second kappa shape index (κ2) is 14.4. The van der Waals surface area contributed by atoms with E-state index in [1.807, 2.05) is 53.4 Å². The van der Waals surface area contributed by atoms with Gasteiger partial charge in [-0.2, -0.15) is 0 Å². The number of nitrogens with one attached hydrogen (secondary N) is 2. The minimum Gasteiger partial charge on any atom is -0.497 e. The molecule has 1 saturated heterocycles. The summed E-state index contributed by atoms with van der Waals surface area (Å²) in [4.78, 5) is 30.4. The van der Waals surface area contributed by atoms with Gasteiger partial charge < -0.3 is 15.0 Å². The first kappa shape index (κ1) is 29.7. The Morgan fingerprint density at radius 3 is 1.98 bits per heavy atom. The molecule has 4 aromatic rings. The molecular formula is C35H34N4O3S. The Balaban J connectivity index is 1.20. The van der Waals surface area contributed by atoms with E-state index in [9.17, 15) is 9.59 Å². The van der Waals surface area contributed by atoms with Crippen LogP contribution in [0.2, 0.25) is 0 Å². The number of carbonyl (C=O) groups is 2. The van der Waals surface area contributed by atoms with E-state index in [2.05, 4.69) is 64.1 Å². The zero-order valence-electron chi connectivity index (χ0n) is 24.0. The summed E-state index contributed by atoms with van der Waals surface area (Å²) in [6.07, 6.45) is 3.10. The average Bonchev–Trinajstić information content (AvgIpc) is 3.05. The molecule has 0 atom stereocenters. The van der Waals surface area contributed by atoms with Gasteiger partial charge in [0.1, 0.15) is 5.75 Å². The first-order valence-corrected chi connectivity index (χ1v) is 14.6. The summed E-state index contributed by atoms with van der Waals surface area (Å²) < 4.78 is 5.16. The van der Waals surface area contributed by atoms with E-state index in [-0.39, 0.29) is 23.0 Å². The normalized spacial score (nSPS) is 13.6. The number of anilines is 1. The molecule has 0 spiro atoms. The van der Waals surface area contributed by atoms with Crippen molar-refractivity contribution in [2.45, 2.75) is 6.04 Å². The lowest BCUT2D eigenvalue weighted by atomic mass is 9.96. The van der Waals surface area contributed by atoms with Crippen LogP contribution >= 0.6 is 12.2 Å². The molecule has 4 aromatic carbocycles. The van der Waals surface area contributed by atoms with E-state index >= 15 is 0 Å². The predicted octanol–water partition coefficient (Wildman–Crippen LogP) is 5.77. The van der Waals surface area contributed by atoms with E-state index in [0.29, 0.717) is 24.3 Å². The predicted molar refractivity (Wildman–Crippen MR) is 175 cm³/mol. The van der Waals surface area contributed by atoms with E-state index in [1.54, 1.807) is 25.3 Å². The molecule has 43 heavy (non-hydrogen) atoms. The van der Waals surface area contributed by atoms with E-state index in [1.165, 1.54) is 17.2 Å². The third kappa shape index (κ3) is 7.74. The quantitative estimate of drug-likeness (QED) is 0.201. The van der Waals surface area contributed by atoms with E-state index in [4.69, 9.17) is 17.0 Å². The number of benzene rings is 4. The number of hydrogen-bond acceptors (Lipinski definition) is 5. The number of amides is 2. The maximum atomic E-state index is 13.7.